The molecule has 0 N–H and O–H groups in total. The van der Waals surface area contributed by atoms with Crippen LogP contribution in [0.3, 0.4) is 0 Å². The number of hydrogen-bond donors (Lipinski definition) is 0. The van der Waals surface area contributed by atoms with Crippen LogP contribution in [0.15, 0.2) is 174 Å². The minimum Gasteiger partial charge on any atom is -0.456 e. The molecule has 0 aliphatic heterocycles. The van der Waals surface area contributed by atoms with E-state index >= 15 is 0 Å². The Labute approximate surface area is 358 Å². The predicted molar refractivity (Wildman–Crippen MR) is 254 cm³/mol. The third kappa shape index (κ3) is 5.21. The molecule has 0 radical (unpaired) electrons. The van der Waals surface area contributed by atoms with E-state index in [1.165, 1.54) is 88.2 Å². The molecule has 5 aliphatic carbocycles. The normalized spacial score (nSPS) is 21.9. The third-order valence-corrected chi connectivity index (χ3v) is 15.6. The molecule has 1 heterocycles. The fraction of sp³-hybridized carbons (Fsp3) is 0.220. The van der Waals surface area contributed by atoms with Crippen molar-refractivity contribution >= 4 is 49.8 Å². The van der Waals surface area contributed by atoms with Crippen molar-refractivity contribution in [2.45, 2.75) is 63.2 Å². The number of furan rings is 1. The van der Waals surface area contributed by atoms with Crippen LogP contribution in [-0.4, -0.2) is 0 Å². The molecule has 0 amide bonds. The van der Waals surface area contributed by atoms with Crippen LogP contribution in [-0.2, 0) is 10.8 Å². The van der Waals surface area contributed by atoms with Gasteiger partial charge >= 0.3 is 0 Å². The molecule has 2 nitrogen and oxygen atoms in total. The third-order valence-electron chi connectivity index (χ3n) is 15.6. The number of benzene rings is 8. The number of fused-ring (bicyclic) bond motifs is 7. The first-order valence-electron chi connectivity index (χ1n) is 22.6. The Balaban J connectivity index is 1.05. The second kappa shape index (κ2) is 13.1. The van der Waals surface area contributed by atoms with E-state index < -0.39 is 0 Å². The van der Waals surface area contributed by atoms with Crippen molar-refractivity contribution < 1.29 is 4.42 Å². The first kappa shape index (κ1) is 35.4. The van der Waals surface area contributed by atoms with E-state index in [0.717, 1.165) is 56.8 Å². The van der Waals surface area contributed by atoms with E-state index in [1.807, 2.05) is 0 Å². The first-order chi connectivity index (χ1) is 29.9. The number of nitrogens with zero attached hydrogens (tertiary/aromatic N) is 1. The summed E-state index contributed by atoms with van der Waals surface area (Å²) in [7, 11) is 0. The van der Waals surface area contributed by atoms with Crippen molar-refractivity contribution in [3.63, 3.8) is 0 Å². The van der Waals surface area contributed by atoms with Gasteiger partial charge in [0.25, 0.3) is 0 Å². The van der Waals surface area contributed by atoms with Crippen molar-refractivity contribution in [1.29, 1.82) is 0 Å². The predicted octanol–water partition coefficient (Wildman–Crippen LogP) is 16.3. The van der Waals surface area contributed by atoms with Gasteiger partial charge in [-0.2, -0.15) is 0 Å². The Morgan fingerprint density at radius 3 is 1.90 bits per heavy atom. The van der Waals surface area contributed by atoms with Gasteiger partial charge in [0.2, 0.25) is 0 Å². The van der Waals surface area contributed by atoms with Crippen LogP contribution in [0.25, 0.3) is 66.1 Å². The Morgan fingerprint density at radius 1 is 0.475 bits per heavy atom. The second-order valence-corrected chi connectivity index (χ2v) is 19.5. The molecule has 61 heavy (non-hydrogen) atoms. The summed E-state index contributed by atoms with van der Waals surface area (Å²) >= 11 is 0. The molecule has 4 fully saturated rings. The van der Waals surface area contributed by atoms with Gasteiger partial charge in [-0.1, -0.05) is 147 Å². The highest BCUT2D eigenvalue weighted by Crippen LogP contribution is 2.64. The maximum absolute atomic E-state index is 6.59. The molecule has 5 aliphatic rings. The Morgan fingerprint density at radius 2 is 1.10 bits per heavy atom. The van der Waals surface area contributed by atoms with E-state index in [2.05, 4.69) is 189 Å². The number of hydrogen-bond acceptors (Lipinski definition) is 2. The molecule has 296 valence electrons. The molecule has 4 saturated carbocycles. The second-order valence-electron chi connectivity index (χ2n) is 19.5. The summed E-state index contributed by atoms with van der Waals surface area (Å²) in [4.78, 5) is 2.53. The van der Waals surface area contributed by atoms with Gasteiger partial charge in [-0.3, -0.25) is 0 Å². The zero-order valence-electron chi connectivity index (χ0n) is 35.0. The van der Waals surface area contributed by atoms with E-state index in [-0.39, 0.29) is 5.41 Å². The highest BCUT2D eigenvalue weighted by atomic mass is 16.3. The molecule has 0 spiro atoms. The lowest BCUT2D eigenvalue weighted by atomic mass is 9.47. The van der Waals surface area contributed by atoms with Crippen molar-refractivity contribution in [1.82, 2.24) is 0 Å². The fourth-order valence-corrected chi connectivity index (χ4v) is 13.6. The van der Waals surface area contributed by atoms with Crippen LogP contribution < -0.4 is 4.90 Å². The summed E-state index contributed by atoms with van der Waals surface area (Å²) in [6.07, 6.45) is 8.51. The van der Waals surface area contributed by atoms with Crippen LogP contribution >= 0.6 is 0 Å². The maximum Gasteiger partial charge on any atom is 0.137 e. The van der Waals surface area contributed by atoms with Crippen LogP contribution in [0.4, 0.5) is 17.1 Å². The van der Waals surface area contributed by atoms with Gasteiger partial charge in [0.05, 0.1) is 16.8 Å². The molecule has 0 saturated heterocycles. The molecule has 4 bridgehead atoms. The smallest absolute Gasteiger partial charge is 0.137 e. The molecular formula is C59H49NO. The minimum absolute atomic E-state index is 0.0938. The van der Waals surface area contributed by atoms with Crippen LogP contribution in [0.2, 0.25) is 0 Å². The van der Waals surface area contributed by atoms with Crippen LogP contribution in [0, 0.1) is 17.8 Å². The summed E-state index contributed by atoms with van der Waals surface area (Å²) < 4.78 is 6.59. The Bertz CT molecular complexity index is 3180. The summed E-state index contributed by atoms with van der Waals surface area (Å²) in [5.74, 6) is 2.71. The number of rotatable bonds is 6. The largest absolute Gasteiger partial charge is 0.456 e. The summed E-state index contributed by atoms with van der Waals surface area (Å²) in [5, 5.41) is 4.74. The molecule has 9 aromatic rings. The molecule has 1 aromatic heterocycles. The van der Waals surface area contributed by atoms with Gasteiger partial charge in [-0.25, -0.2) is 0 Å². The van der Waals surface area contributed by atoms with Crippen molar-refractivity contribution in [3.05, 3.63) is 187 Å². The van der Waals surface area contributed by atoms with E-state index in [4.69, 9.17) is 4.42 Å². The van der Waals surface area contributed by atoms with Gasteiger partial charge in [-0.15, -0.1) is 0 Å². The average molecular weight is 788 g/mol. The molecule has 14 rings (SSSR count). The maximum atomic E-state index is 6.59. The molecule has 0 unspecified atom stereocenters. The topological polar surface area (TPSA) is 16.4 Å². The lowest BCUT2D eigenvalue weighted by molar-refractivity contribution is -0.00580. The van der Waals surface area contributed by atoms with E-state index in [9.17, 15) is 0 Å². The van der Waals surface area contributed by atoms with E-state index in [1.54, 1.807) is 11.1 Å². The Kier molecular flexibility index (Phi) is 7.58. The van der Waals surface area contributed by atoms with Gasteiger partial charge in [0.15, 0.2) is 0 Å². The SMILES string of the molecule is CC1(C)c2ccc(N(c3ccccc3-c3cccc4cccc(-c5ccccc5)c34)c3cccc4oc5ccccc5c34)cc2-c2cccc(C34CC5CC(CC(C5)C3)C4)c21. The molecule has 8 aromatic carbocycles. The number of para-hydroxylation sites is 2. The fourth-order valence-electron chi connectivity index (χ4n) is 13.6. The summed E-state index contributed by atoms with van der Waals surface area (Å²) in [5.41, 5.74) is 17.8. The summed E-state index contributed by atoms with van der Waals surface area (Å²) in [6.45, 7) is 5.00. The van der Waals surface area contributed by atoms with Gasteiger partial charge in [0, 0.05) is 22.1 Å². The minimum atomic E-state index is -0.0938. The van der Waals surface area contributed by atoms with Gasteiger partial charge < -0.3 is 9.32 Å². The molecule has 0 atom stereocenters. The van der Waals surface area contributed by atoms with Crippen molar-refractivity contribution in [2.75, 3.05) is 4.90 Å². The van der Waals surface area contributed by atoms with Crippen molar-refractivity contribution in [2.24, 2.45) is 17.8 Å². The highest BCUT2D eigenvalue weighted by molar-refractivity contribution is 6.15. The number of anilines is 3. The molecule has 2 heteroatoms. The zero-order chi connectivity index (χ0) is 40.5. The van der Waals surface area contributed by atoms with Crippen LogP contribution in [0.5, 0.6) is 0 Å². The monoisotopic (exact) mass is 787 g/mol. The first-order valence-corrected chi connectivity index (χ1v) is 22.6. The van der Waals surface area contributed by atoms with Crippen LogP contribution in [0.1, 0.15) is 69.1 Å². The lowest BCUT2D eigenvalue weighted by Gasteiger charge is -2.58. The van der Waals surface area contributed by atoms with Crippen molar-refractivity contribution in [3.8, 4) is 33.4 Å². The highest BCUT2D eigenvalue weighted by Gasteiger charge is 2.54. The quantitative estimate of drug-likeness (QED) is 0.167. The lowest BCUT2D eigenvalue weighted by Crippen LogP contribution is -2.49. The zero-order valence-corrected chi connectivity index (χ0v) is 35.0. The molecular weight excluding hydrogens is 739 g/mol. The Hall–Kier alpha value is -6.38. The van der Waals surface area contributed by atoms with Gasteiger partial charge in [0.1, 0.15) is 11.2 Å². The van der Waals surface area contributed by atoms with E-state index in [0.29, 0.717) is 5.41 Å². The summed E-state index contributed by atoms with van der Waals surface area (Å²) in [6, 6.07) is 63.2. The standard InChI is InChI=1S/C59H49NO/c1-58(2)49-29-28-42(33-48(49)46-22-12-23-50(57(46)58)59-34-37-30-38(35-59)32-39(31-37)36-59)60(52-25-13-27-54-56(52)47-19-7-9-26-53(47)61-54)51-24-8-6-18-44(51)45-21-11-17-41-16-10-20-43(55(41)45)40-14-4-3-5-15-40/h3-29,33,37-39H,30-32,34-36H2,1-2H3. The van der Waals surface area contributed by atoms with Gasteiger partial charge in [-0.05, 0) is 153 Å². The average Bonchev–Trinajstić information content (AvgIpc) is 3.78.